The number of carboxylic acids is 1. The molecule has 0 aliphatic heterocycles. The Morgan fingerprint density at radius 1 is 1.62 bits per heavy atom. The molecule has 0 spiro atoms. The first-order valence-corrected chi connectivity index (χ1v) is 5.11. The summed E-state index contributed by atoms with van der Waals surface area (Å²) in [6.45, 7) is 0. The molecule has 1 aromatic rings. The minimum atomic E-state index is -0.876. The summed E-state index contributed by atoms with van der Waals surface area (Å²) in [6, 6.07) is 0. The van der Waals surface area contributed by atoms with Crippen LogP contribution in [0.15, 0.2) is 4.47 Å². The van der Waals surface area contributed by atoms with E-state index in [2.05, 4.69) is 20.9 Å². The largest absolute Gasteiger partial charge is 0.477 e. The molecule has 0 bridgehead atoms. The first kappa shape index (κ1) is 7.62. The van der Waals surface area contributed by atoms with Gasteiger partial charge < -0.3 is 10.1 Å². The molecule has 0 aromatic carbocycles. The molecule has 2 unspecified atom stereocenters. The number of aromatic carboxylic acids is 1. The van der Waals surface area contributed by atoms with Crippen LogP contribution in [0.1, 0.15) is 34.1 Å². The van der Waals surface area contributed by atoms with Crippen LogP contribution < -0.4 is 0 Å². The smallest absolute Gasteiger partial charge is 0.353 e. The van der Waals surface area contributed by atoms with E-state index < -0.39 is 5.97 Å². The minimum Gasteiger partial charge on any atom is -0.477 e. The van der Waals surface area contributed by atoms with Crippen LogP contribution in [0.4, 0.5) is 0 Å². The molecule has 0 amide bonds. The summed E-state index contributed by atoms with van der Waals surface area (Å²) >= 11 is 3.36. The molecule has 3 nitrogen and oxygen atoms in total. The first-order chi connectivity index (χ1) is 6.18. The lowest BCUT2D eigenvalue weighted by Gasteiger charge is -1.92. The number of aromatic nitrogens is 1. The Labute approximate surface area is 83.3 Å². The summed E-state index contributed by atoms with van der Waals surface area (Å²) in [4.78, 5) is 13.8. The van der Waals surface area contributed by atoms with Gasteiger partial charge in [0.15, 0.2) is 0 Å². The van der Waals surface area contributed by atoms with Crippen molar-refractivity contribution in [3.8, 4) is 0 Å². The fraction of sp³-hybridized carbons (Fsp3) is 0.444. The lowest BCUT2D eigenvalue weighted by atomic mass is 10.2. The van der Waals surface area contributed by atoms with Crippen molar-refractivity contribution >= 4 is 21.9 Å². The predicted molar refractivity (Wildman–Crippen MR) is 50.0 cm³/mol. The Morgan fingerprint density at radius 2 is 2.38 bits per heavy atom. The lowest BCUT2D eigenvalue weighted by molar-refractivity contribution is 0.0690. The Balaban J connectivity index is 2.17. The van der Waals surface area contributed by atoms with Gasteiger partial charge in [0.05, 0.1) is 4.47 Å². The number of halogens is 1. The predicted octanol–water partition coefficient (Wildman–Crippen LogP) is 2.13. The molecule has 2 N–H and O–H groups in total. The fourth-order valence-electron chi connectivity index (χ4n) is 2.32. The van der Waals surface area contributed by atoms with Gasteiger partial charge in [-0.3, -0.25) is 0 Å². The molecule has 68 valence electrons. The molecule has 3 rings (SSSR count). The van der Waals surface area contributed by atoms with Crippen molar-refractivity contribution in [1.82, 2.24) is 4.98 Å². The maximum absolute atomic E-state index is 10.8. The molecule has 1 fully saturated rings. The van der Waals surface area contributed by atoms with Crippen molar-refractivity contribution in [3.05, 3.63) is 21.4 Å². The summed E-state index contributed by atoms with van der Waals surface area (Å²) in [5.74, 6) is 0.549. The molecule has 2 aliphatic carbocycles. The van der Waals surface area contributed by atoms with Crippen molar-refractivity contribution in [1.29, 1.82) is 0 Å². The number of fused-ring (bicyclic) bond motifs is 3. The Hall–Kier alpha value is -0.770. The van der Waals surface area contributed by atoms with E-state index in [0.717, 1.165) is 22.5 Å². The van der Waals surface area contributed by atoms with Gasteiger partial charge in [0.2, 0.25) is 0 Å². The second-order valence-electron chi connectivity index (χ2n) is 3.82. The van der Waals surface area contributed by atoms with E-state index in [1.165, 1.54) is 12.0 Å². The minimum absolute atomic E-state index is 0.315. The maximum Gasteiger partial charge on any atom is 0.353 e. The van der Waals surface area contributed by atoms with Gasteiger partial charge in [0.25, 0.3) is 0 Å². The normalized spacial score (nSPS) is 28.4. The van der Waals surface area contributed by atoms with Gasteiger partial charge in [-0.2, -0.15) is 0 Å². The van der Waals surface area contributed by atoms with Gasteiger partial charge in [0, 0.05) is 5.69 Å². The Morgan fingerprint density at radius 3 is 3.00 bits per heavy atom. The van der Waals surface area contributed by atoms with E-state index in [1.807, 2.05) is 0 Å². The van der Waals surface area contributed by atoms with E-state index in [0.29, 0.717) is 11.6 Å². The van der Waals surface area contributed by atoms with Crippen LogP contribution in [-0.2, 0) is 6.42 Å². The number of hydrogen-bond donors (Lipinski definition) is 2. The Kier molecular flexibility index (Phi) is 1.28. The molecule has 1 saturated carbocycles. The fourth-order valence-corrected chi connectivity index (χ4v) is 3.13. The first-order valence-electron chi connectivity index (χ1n) is 4.32. The SMILES string of the molecule is O=C(O)c1[nH]c2c(c1Br)C1CC1C2. The van der Waals surface area contributed by atoms with Crippen LogP contribution in [-0.4, -0.2) is 16.1 Å². The van der Waals surface area contributed by atoms with Gasteiger partial charge in [-0.15, -0.1) is 0 Å². The van der Waals surface area contributed by atoms with Crippen molar-refractivity contribution in [2.24, 2.45) is 5.92 Å². The number of H-pyrrole nitrogens is 1. The highest BCUT2D eigenvalue weighted by Gasteiger charge is 2.48. The van der Waals surface area contributed by atoms with E-state index in [-0.39, 0.29) is 0 Å². The average Bonchev–Trinajstić information content (AvgIpc) is 2.57. The topological polar surface area (TPSA) is 53.1 Å². The van der Waals surface area contributed by atoms with Crippen molar-refractivity contribution in [3.63, 3.8) is 0 Å². The van der Waals surface area contributed by atoms with Gasteiger partial charge >= 0.3 is 5.97 Å². The molecule has 13 heavy (non-hydrogen) atoms. The molecule has 4 heteroatoms. The van der Waals surface area contributed by atoms with E-state index in [9.17, 15) is 4.79 Å². The highest BCUT2D eigenvalue weighted by atomic mass is 79.9. The number of rotatable bonds is 1. The summed E-state index contributed by atoms with van der Waals surface area (Å²) < 4.78 is 0.778. The van der Waals surface area contributed by atoms with Crippen molar-refractivity contribution < 1.29 is 9.90 Å². The summed E-state index contributed by atoms with van der Waals surface area (Å²) in [5.41, 5.74) is 2.67. The summed E-state index contributed by atoms with van der Waals surface area (Å²) in [5, 5.41) is 8.86. The number of aromatic amines is 1. The third kappa shape index (κ3) is 0.866. The zero-order chi connectivity index (χ0) is 9.16. The quantitative estimate of drug-likeness (QED) is 0.792. The molecular weight excluding hydrogens is 234 g/mol. The van der Waals surface area contributed by atoms with Gasteiger partial charge in [-0.25, -0.2) is 4.79 Å². The zero-order valence-corrected chi connectivity index (χ0v) is 8.39. The van der Waals surface area contributed by atoms with Gasteiger partial charge in [-0.05, 0) is 46.2 Å². The molecule has 0 saturated heterocycles. The molecule has 1 heterocycles. The molecular formula is C9H8BrNO2. The average molecular weight is 242 g/mol. The second-order valence-corrected chi connectivity index (χ2v) is 4.61. The summed E-state index contributed by atoms with van der Waals surface area (Å²) in [7, 11) is 0. The van der Waals surface area contributed by atoms with Crippen LogP contribution in [0.25, 0.3) is 0 Å². The van der Waals surface area contributed by atoms with Crippen LogP contribution >= 0.6 is 15.9 Å². The van der Waals surface area contributed by atoms with Crippen LogP contribution in [0.3, 0.4) is 0 Å². The van der Waals surface area contributed by atoms with Crippen molar-refractivity contribution in [2.75, 3.05) is 0 Å². The summed E-state index contributed by atoms with van der Waals surface area (Å²) in [6.07, 6.45) is 2.27. The number of carboxylic acid groups (broad SMARTS) is 1. The molecule has 2 atom stereocenters. The van der Waals surface area contributed by atoms with Gasteiger partial charge in [0.1, 0.15) is 5.69 Å². The van der Waals surface area contributed by atoms with E-state index >= 15 is 0 Å². The maximum atomic E-state index is 10.8. The monoisotopic (exact) mass is 241 g/mol. The second kappa shape index (κ2) is 2.18. The van der Waals surface area contributed by atoms with Crippen LogP contribution in [0, 0.1) is 5.92 Å². The lowest BCUT2D eigenvalue weighted by Crippen LogP contribution is -1.98. The highest BCUT2D eigenvalue weighted by Crippen LogP contribution is 2.58. The third-order valence-electron chi connectivity index (χ3n) is 3.03. The molecule has 2 aliphatic rings. The van der Waals surface area contributed by atoms with Crippen LogP contribution in [0.2, 0.25) is 0 Å². The highest BCUT2D eigenvalue weighted by molar-refractivity contribution is 9.10. The molecule has 1 aromatic heterocycles. The zero-order valence-electron chi connectivity index (χ0n) is 6.80. The molecule has 0 radical (unpaired) electrons. The standard InChI is InChI=1S/C9H8BrNO2/c10-7-6-4-1-3(4)2-5(6)11-8(7)9(12)13/h3-4,11H,1-2H2,(H,12,13). The van der Waals surface area contributed by atoms with Crippen molar-refractivity contribution in [2.45, 2.75) is 18.8 Å². The van der Waals surface area contributed by atoms with Crippen LogP contribution in [0.5, 0.6) is 0 Å². The number of nitrogens with one attached hydrogen (secondary N) is 1. The van der Waals surface area contributed by atoms with E-state index in [4.69, 9.17) is 5.11 Å². The van der Waals surface area contributed by atoms with E-state index in [1.54, 1.807) is 0 Å². The number of carbonyl (C=O) groups is 1. The third-order valence-corrected chi connectivity index (χ3v) is 3.85. The van der Waals surface area contributed by atoms with Gasteiger partial charge in [-0.1, -0.05) is 0 Å². The Bertz CT molecular complexity index is 410. The number of hydrogen-bond acceptors (Lipinski definition) is 1.